The standard InChI is InChI=1S/C18H27ClN2O2/c1-6-21(11-16(22)20-13(4)5)18(23)17(12(2)3)14-7-9-15(19)10-8-14/h7-10,12-13,17H,6,11H2,1-5H3,(H,20,22)/t17-/m0/s1. The van der Waals surface area contributed by atoms with Crippen molar-refractivity contribution in [2.24, 2.45) is 5.92 Å². The van der Waals surface area contributed by atoms with Crippen molar-refractivity contribution in [1.29, 1.82) is 0 Å². The summed E-state index contributed by atoms with van der Waals surface area (Å²) in [6.45, 7) is 10.3. The fourth-order valence-electron chi connectivity index (χ4n) is 2.57. The van der Waals surface area contributed by atoms with Gasteiger partial charge in [0.05, 0.1) is 12.5 Å². The normalized spacial score (nSPS) is 12.3. The summed E-state index contributed by atoms with van der Waals surface area (Å²) in [7, 11) is 0. The van der Waals surface area contributed by atoms with Gasteiger partial charge in [0, 0.05) is 17.6 Å². The number of carbonyl (C=O) groups is 2. The topological polar surface area (TPSA) is 49.4 Å². The molecular weight excluding hydrogens is 312 g/mol. The van der Waals surface area contributed by atoms with Gasteiger partial charge >= 0.3 is 0 Å². The Kier molecular flexibility index (Phi) is 7.56. The maximum atomic E-state index is 12.9. The van der Waals surface area contributed by atoms with E-state index in [9.17, 15) is 9.59 Å². The van der Waals surface area contributed by atoms with Crippen LogP contribution in [0.25, 0.3) is 0 Å². The van der Waals surface area contributed by atoms with Gasteiger partial charge < -0.3 is 10.2 Å². The molecule has 0 aliphatic carbocycles. The molecule has 1 aromatic carbocycles. The van der Waals surface area contributed by atoms with Crippen molar-refractivity contribution in [3.8, 4) is 0 Å². The van der Waals surface area contributed by atoms with Crippen LogP contribution in [0.2, 0.25) is 5.02 Å². The highest BCUT2D eigenvalue weighted by molar-refractivity contribution is 6.30. The van der Waals surface area contributed by atoms with Gasteiger partial charge in [0.2, 0.25) is 11.8 Å². The van der Waals surface area contributed by atoms with E-state index in [1.54, 1.807) is 17.0 Å². The molecule has 5 heteroatoms. The Labute approximate surface area is 144 Å². The van der Waals surface area contributed by atoms with E-state index in [1.807, 2.05) is 46.8 Å². The highest BCUT2D eigenvalue weighted by Gasteiger charge is 2.29. The first-order valence-corrected chi connectivity index (χ1v) is 8.47. The summed E-state index contributed by atoms with van der Waals surface area (Å²) >= 11 is 5.93. The van der Waals surface area contributed by atoms with Crippen LogP contribution in [0.1, 0.15) is 46.1 Å². The van der Waals surface area contributed by atoms with Crippen molar-refractivity contribution in [2.45, 2.75) is 46.6 Å². The third-order valence-electron chi connectivity index (χ3n) is 3.64. The van der Waals surface area contributed by atoms with E-state index >= 15 is 0 Å². The second-order valence-electron chi connectivity index (χ2n) is 6.35. The number of benzene rings is 1. The van der Waals surface area contributed by atoms with E-state index in [0.29, 0.717) is 11.6 Å². The Hall–Kier alpha value is -1.55. The highest BCUT2D eigenvalue weighted by Crippen LogP contribution is 2.27. The third-order valence-corrected chi connectivity index (χ3v) is 3.89. The number of rotatable bonds is 7. The predicted molar refractivity (Wildman–Crippen MR) is 94.6 cm³/mol. The number of carbonyl (C=O) groups excluding carboxylic acids is 2. The Morgan fingerprint density at radius 3 is 2.13 bits per heavy atom. The van der Waals surface area contributed by atoms with Crippen molar-refractivity contribution >= 4 is 23.4 Å². The molecule has 0 spiro atoms. The molecule has 0 bridgehead atoms. The summed E-state index contributed by atoms with van der Waals surface area (Å²) in [5.74, 6) is -0.303. The average molecular weight is 339 g/mol. The van der Waals surface area contributed by atoms with Gasteiger partial charge in [-0.25, -0.2) is 0 Å². The van der Waals surface area contributed by atoms with Crippen LogP contribution in [0.5, 0.6) is 0 Å². The largest absolute Gasteiger partial charge is 0.352 e. The molecule has 0 radical (unpaired) electrons. The zero-order chi connectivity index (χ0) is 17.6. The van der Waals surface area contributed by atoms with Gasteiger partial charge in [-0.2, -0.15) is 0 Å². The van der Waals surface area contributed by atoms with E-state index < -0.39 is 0 Å². The number of hydrogen-bond donors (Lipinski definition) is 1. The van der Waals surface area contributed by atoms with E-state index in [-0.39, 0.29) is 36.2 Å². The lowest BCUT2D eigenvalue weighted by Crippen LogP contribution is -2.45. The predicted octanol–water partition coefficient (Wildman–Crippen LogP) is 3.45. The molecule has 0 aliphatic heterocycles. The zero-order valence-electron chi connectivity index (χ0n) is 14.6. The molecule has 0 saturated heterocycles. The molecule has 23 heavy (non-hydrogen) atoms. The van der Waals surface area contributed by atoms with Crippen LogP contribution >= 0.6 is 11.6 Å². The molecule has 0 saturated carbocycles. The van der Waals surface area contributed by atoms with Crippen LogP contribution in [-0.2, 0) is 9.59 Å². The van der Waals surface area contributed by atoms with Gasteiger partial charge in [-0.15, -0.1) is 0 Å². The smallest absolute Gasteiger partial charge is 0.239 e. The van der Waals surface area contributed by atoms with Gasteiger partial charge in [-0.1, -0.05) is 37.6 Å². The summed E-state index contributed by atoms with van der Waals surface area (Å²) in [5, 5.41) is 3.47. The van der Waals surface area contributed by atoms with Crippen LogP contribution in [0.4, 0.5) is 0 Å². The first kappa shape index (κ1) is 19.5. The zero-order valence-corrected chi connectivity index (χ0v) is 15.4. The first-order valence-electron chi connectivity index (χ1n) is 8.09. The minimum Gasteiger partial charge on any atom is -0.352 e. The van der Waals surface area contributed by atoms with Crippen LogP contribution in [0.3, 0.4) is 0 Å². The molecule has 1 atom stereocenters. The molecule has 2 amide bonds. The van der Waals surface area contributed by atoms with Gasteiger partial charge in [0.25, 0.3) is 0 Å². The molecule has 128 valence electrons. The molecule has 1 rings (SSSR count). The van der Waals surface area contributed by atoms with Gasteiger partial charge in [0.15, 0.2) is 0 Å². The maximum Gasteiger partial charge on any atom is 0.239 e. The fraction of sp³-hybridized carbons (Fsp3) is 0.556. The molecule has 4 nitrogen and oxygen atoms in total. The van der Waals surface area contributed by atoms with Crippen molar-refractivity contribution in [1.82, 2.24) is 10.2 Å². The molecule has 0 unspecified atom stereocenters. The molecular formula is C18H27ClN2O2. The SMILES string of the molecule is CCN(CC(=O)NC(C)C)C(=O)[C@H](c1ccc(Cl)cc1)C(C)C. The molecule has 1 aromatic rings. The monoisotopic (exact) mass is 338 g/mol. The van der Waals surface area contributed by atoms with E-state index in [2.05, 4.69) is 5.32 Å². The van der Waals surface area contributed by atoms with E-state index in [0.717, 1.165) is 5.56 Å². The summed E-state index contributed by atoms with van der Waals surface area (Å²) in [6, 6.07) is 7.41. The lowest BCUT2D eigenvalue weighted by molar-refractivity contribution is -0.138. The Bertz CT molecular complexity index is 526. The van der Waals surface area contributed by atoms with Crippen LogP contribution in [0, 0.1) is 5.92 Å². The summed E-state index contributed by atoms with van der Waals surface area (Å²) in [5.41, 5.74) is 0.928. The van der Waals surface area contributed by atoms with Gasteiger partial charge in [-0.05, 0) is 44.4 Å². The van der Waals surface area contributed by atoms with Crippen molar-refractivity contribution in [3.63, 3.8) is 0 Å². The van der Waals surface area contributed by atoms with E-state index in [1.165, 1.54) is 0 Å². The quantitative estimate of drug-likeness (QED) is 0.827. The van der Waals surface area contributed by atoms with Crippen molar-refractivity contribution < 1.29 is 9.59 Å². The average Bonchev–Trinajstić information content (AvgIpc) is 2.45. The van der Waals surface area contributed by atoms with Crippen molar-refractivity contribution in [2.75, 3.05) is 13.1 Å². The molecule has 0 fully saturated rings. The number of hydrogen-bond acceptors (Lipinski definition) is 2. The second-order valence-corrected chi connectivity index (χ2v) is 6.78. The summed E-state index contributed by atoms with van der Waals surface area (Å²) in [4.78, 5) is 26.5. The van der Waals surface area contributed by atoms with E-state index in [4.69, 9.17) is 11.6 Å². The lowest BCUT2D eigenvalue weighted by Gasteiger charge is -2.28. The Morgan fingerprint density at radius 1 is 1.13 bits per heavy atom. The fourth-order valence-corrected chi connectivity index (χ4v) is 2.69. The summed E-state index contributed by atoms with van der Waals surface area (Å²) in [6.07, 6.45) is 0. The van der Waals surface area contributed by atoms with Crippen molar-refractivity contribution in [3.05, 3.63) is 34.9 Å². The molecule has 1 N–H and O–H groups in total. The Morgan fingerprint density at radius 2 is 1.70 bits per heavy atom. The van der Waals surface area contributed by atoms with Crippen LogP contribution < -0.4 is 5.32 Å². The Balaban J connectivity index is 2.94. The maximum absolute atomic E-state index is 12.9. The molecule has 0 heterocycles. The minimum absolute atomic E-state index is 0.0243. The third kappa shape index (κ3) is 5.87. The molecule has 0 aromatic heterocycles. The first-order chi connectivity index (χ1) is 10.8. The van der Waals surface area contributed by atoms with Crippen LogP contribution in [0.15, 0.2) is 24.3 Å². The number of nitrogens with one attached hydrogen (secondary N) is 1. The minimum atomic E-state index is -0.279. The number of nitrogens with zero attached hydrogens (tertiary/aromatic N) is 1. The summed E-state index contributed by atoms with van der Waals surface area (Å²) < 4.78 is 0. The lowest BCUT2D eigenvalue weighted by atomic mass is 9.87. The number of amides is 2. The number of halogens is 1. The van der Waals surface area contributed by atoms with Gasteiger partial charge in [0.1, 0.15) is 0 Å². The number of likely N-dealkylation sites (N-methyl/N-ethyl adjacent to an activating group) is 1. The van der Waals surface area contributed by atoms with Crippen LogP contribution in [-0.4, -0.2) is 35.8 Å². The van der Waals surface area contributed by atoms with Gasteiger partial charge in [-0.3, -0.25) is 9.59 Å². The second kappa shape index (κ2) is 8.92. The highest BCUT2D eigenvalue weighted by atomic mass is 35.5. The molecule has 0 aliphatic rings.